The Bertz CT molecular complexity index is 973. The number of benzene rings is 2. The molecule has 0 aliphatic rings. The maximum atomic E-state index is 13.1. The highest BCUT2D eigenvalue weighted by Gasteiger charge is 2.34. The monoisotopic (exact) mass is 406 g/mol. The predicted molar refractivity (Wildman–Crippen MR) is 102 cm³/mol. The van der Waals surface area contributed by atoms with Gasteiger partial charge in [0.25, 0.3) is 0 Å². The van der Waals surface area contributed by atoms with Crippen molar-refractivity contribution in [1.82, 2.24) is 14.8 Å². The fourth-order valence-electron chi connectivity index (χ4n) is 2.54. The van der Waals surface area contributed by atoms with Gasteiger partial charge in [-0.25, -0.2) is 0 Å². The number of carbonyl (C=O) groups excluding carboxylic acids is 1. The molecule has 1 aromatic heterocycles. The Hall–Kier alpha value is -2.81. The topological polar surface area (TPSA) is 59.8 Å². The molecule has 0 fully saturated rings. The van der Waals surface area contributed by atoms with Gasteiger partial charge in [0.1, 0.15) is 0 Å². The second-order valence-electron chi connectivity index (χ2n) is 6.02. The minimum Gasteiger partial charge on any atom is -0.325 e. The minimum atomic E-state index is -4.55. The molecule has 0 saturated heterocycles. The Labute approximate surface area is 164 Å². The van der Waals surface area contributed by atoms with Crippen molar-refractivity contribution in [1.29, 1.82) is 0 Å². The molecule has 0 saturated carbocycles. The zero-order valence-corrected chi connectivity index (χ0v) is 15.9. The van der Waals surface area contributed by atoms with E-state index >= 15 is 0 Å². The standard InChI is InChI=1S/C19H17F3N4OS/c1-12(17(27)23-15-11-7-6-10-14(15)19(20,21)22)28-18-25-24-16(26(18)2)13-8-4-3-5-9-13/h3-12H,1-2H3,(H,23,27)/t12-/m1/s1. The molecule has 3 rings (SSSR count). The number of nitrogens with zero attached hydrogens (tertiary/aromatic N) is 3. The largest absolute Gasteiger partial charge is 0.418 e. The Morgan fingerprint density at radius 1 is 1.07 bits per heavy atom. The van der Waals surface area contributed by atoms with Crippen LogP contribution in [0, 0.1) is 0 Å². The second-order valence-corrected chi connectivity index (χ2v) is 7.33. The highest BCUT2D eigenvalue weighted by Crippen LogP contribution is 2.35. The molecule has 0 radical (unpaired) electrons. The van der Waals surface area contributed by atoms with E-state index in [9.17, 15) is 18.0 Å². The second kappa shape index (κ2) is 8.05. The van der Waals surface area contributed by atoms with E-state index in [1.165, 1.54) is 18.2 Å². The Kier molecular flexibility index (Phi) is 5.73. The number of rotatable bonds is 5. The lowest BCUT2D eigenvalue weighted by molar-refractivity contribution is -0.137. The van der Waals surface area contributed by atoms with Gasteiger partial charge in [0, 0.05) is 12.6 Å². The summed E-state index contributed by atoms with van der Waals surface area (Å²) >= 11 is 1.12. The molecule has 5 nitrogen and oxygen atoms in total. The number of halogens is 3. The number of hydrogen-bond donors (Lipinski definition) is 1. The zero-order valence-electron chi connectivity index (χ0n) is 15.1. The van der Waals surface area contributed by atoms with Gasteiger partial charge in [0.15, 0.2) is 11.0 Å². The van der Waals surface area contributed by atoms with Crippen molar-refractivity contribution in [2.24, 2.45) is 7.05 Å². The van der Waals surface area contributed by atoms with Gasteiger partial charge in [0.2, 0.25) is 5.91 Å². The summed E-state index contributed by atoms with van der Waals surface area (Å²) in [7, 11) is 1.77. The van der Waals surface area contributed by atoms with Crippen LogP contribution in [0.25, 0.3) is 11.4 Å². The SMILES string of the molecule is C[C@@H](Sc1nnc(-c2ccccc2)n1C)C(=O)Nc1ccccc1C(F)(F)F. The third-order valence-electron chi connectivity index (χ3n) is 4.01. The van der Waals surface area contributed by atoms with E-state index in [-0.39, 0.29) is 5.69 Å². The number of hydrogen-bond acceptors (Lipinski definition) is 4. The van der Waals surface area contributed by atoms with E-state index in [2.05, 4.69) is 15.5 Å². The molecule has 0 aliphatic carbocycles. The summed E-state index contributed by atoms with van der Waals surface area (Å²) in [6.45, 7) is 1.60. The van der Waals surface area contributed by atoms with Crippen LogP contribution >= 0.6 is 11.8 Å². The van der Waals surface area contributed by atoms with Crippen molar-refractivity contribution in [3.8, 4) is 11.4 Å². The summed E-state index contributed by atoms with van der Waals surface area (Å²) in [5.41, 5.74) is -0.276. The molecule has 0 bridgehead atoms. The van der Waals surface area contributed by atoms with Gasteiger partial charge in [-0.15, -0.1) is 10.2 Å². The highest BCUT2D eigenvalue weighted by molar-refractivity contribution is 8.00. The Morgan fingerprint density at radius 3 is 2.39 bits per heavy atom. The number of para-hydroxylation sites is 1. The molecule has 1 atom stereocenters. The summed E-state index contributed by atoms with van der Waals surface area (Å²) in [5, 5.41) is 10.4. The van der Waals surface area contributed by atoms with E-state index < -0.39 is 22.9 Å². The molecule has 0 unspecified atom stereocenters. The van der Waals surface area contributed by atoms with E-state index in [1.54, 1.807) is 18.5 Å². The highest BCUT2D eigenvalue weighted by atomic mass is 32.2. The fraction of sp³-hybridized carbons (Fsp3) is 0.211. The van der Waals surface area contributed by atoms with Crippen molar-refractivity contribution in [2.75, 3.05) is 5.32 Å². The van der Waals surface area contributed by atoms with Gasteiger partial charge in [-0.2, -0.15) is 13.2 Å². The first-order valence-corrected chi connectivity index (χ1v) is 9.24. The number of carbonyl (C=O) groups is 1. The molecule has 9 heteroatoms. The molecule has 1 amide bonds. The van der Waals surface area contributed by atoms with Gasteiger partial charge < -0.3 is 9.88 Å². The normalized spacial score (nSPS) is 12.6. The predicted octanol–water partition coefficient (Wildman–Crippen LogP) is 4.62. The summed E-state index contributed by atoms with van der Waals surface area (Å²) in [6.07, 6.45) is -4.55. The molecule has 146 valence electrons. The van der Waals surface area contributed by atoms with Gasteiger partial charge >= 0.3 is 6.18 Å². The summed E-state index contributed by atoms with van der Waals surface area (Å²) in [4.78, 5) is 12.4. The first-order valence-electron chi connectivity index (χ1n) is 8.36. The molecule has 0 spiro atoms. The van der Waals surface area contributed by atoms with Gasteiger partial charge in [0.05, 0.1) is 16.5 Å². The van der Waals surface area contributed by atoms with Gasteiger partial charge in [-0.05, 0) is 19.1 Å². The van der Waals surface area contributed by atoms with Crippen LogP contribution in [0.2, 0.25) is 0 Å². The van der Waals surface area contributed by atoms with Crippen LogP contribution in [0.15, 0.2) is 59.8 Å². The average molecular weight is 406 g/mol. The quantitative estimate of drug-likeness (QED) is 0.628. The van der Waals surface area contributed by atoms with Crippen LogP contribution in [0.3, 0.4) is 0 Å². The summed E-state index contributed by atoms with van der Waals surface area (Å²) in [6, 6.07) is 14.3. The lowest BCUT2D eigenvalue weighted by Crippen LogP contribution is -2.24. The van der Waals surface area contributed by atoms with Gasteiger partial charge in [-0.1, -0.05) is 54.2 Å². The van der Waals surface area contributed by atoms with Crippen LogP contribution < -0.4 is 5.32 Å². The van der Waals surface area contributed by atoms with Crippen LogP contribution in [-0.4, -0.2) is 25.9 Å². The third-order valence-corrected chi connectivity index (χ3v) is 5.14. The summed E-state index contributed by atoms with van der Waals surface area (Å²) in [5.74, 6) is 0.0871. The lowest BCUT2D eigenvalue weighted by atomic mass is 10.1. The van der Waals surface area contributed by atoms with E-state index in [0.717, 1.165) is 23.4 Å². The van der Waals surface area contributed by atoms with E-state index in [4.69, 9.17) is 0 Å². The van der Waals surface area contributed by atoms with Crippen LogP contribution in [0.1, 0.15) is 12.5 Å². The fourth-order valence-corrected chi connectivity index (χ4v) is 3.36. The van der Waals surface area contributed by atoms with Crippen molar-refractivity contribution >= 4 is 23.4 Å². The zero-order chi connectivity index (χ0) is 20.3. The van der Waals surface area contributed by atoms with Crippen LogP contribution in [0.5, 0.6) is 0 Å². The number of thioether (sulfide) groups is 1. The smallest absolute Gasteiger partial charge is 0.325 e. The molecule has 1 heterocycles. The van der Waals surface area contributed by atoms with Crippen molar-refractivity contribution in [3.63, 3.8) is 0 Å². The van der Waals surface area contributed by atoms with E-state index in [0.29, 0.717) is 11.0 Å². The number of amides is 1. The molecule has 3 aromatic rings. The minimum absolute atomic E-state index is 0.268. The molecule has 0 aliphatic heterocycles. The van der Waals surface area contributed by atoms with Crippen LogP contribution in [0.4, 0.5) is 18.9 Å². The molecular weight excluding hydrogens is 389 g/mol. The van der Waals surface area contributed by atoms with Crippen molar-refractivity contribution in [3.05, 3.63) is 60.2 Å². The molecule has 2 aromatic carbocycles. The first kappa shape index (κ1) is 19.9. The Balaban J connectivity index is 1.74. The number of aromatic nitrogens is 3. The maximum Gasteiger partial charge on any atom is 0.418 e. The maximum absolute atomic E-state index is 13.1. The lowest BCUT2D eigenvalue weighted by Gasteiger charge is -2.16. The Morgan fingerprint density at radius 2 is 1.71 bits per heavy atom. The van der Waals surface area contributed by atoms with Crippen molar-refractivity contribution in [2.45, 2.75) is 23.5 Å². The molecule has 1 N–H and O–H groups in total. The number of nitrogens with one attached hydrogen (secondary N) is 1. The van der Waals surface area contributed by atoms with Gasteiger partial charge in [-0.3, -0.25) is 4.79 Å². The first-order chi connectivity index (χ1) is 13.3. The summed E-state index contributed by atoms with van der Waals surface area (Å²) < 4.78 is 41.0. The average Bonchev–Trinajstić information content (AvgIpc) is 3.02. The number of alkyl halides is 3. The molecular formula is C19H17F3N4OS. The van der Waals surface area contributed by atoms with Crippen LogP contribution in [-0.2, 0) is 18.0 Å². The number of anilines is 1. The molecule has 28 heavy (non-hydrogen) atoms. The van der Waals surface area contributed by atoms with E-state index in [1.807, 2.05) is 30.3 Å². The third kappa shape index (κ3) is 4.36. The van der Waals surface area contributed by atoms with Crippen molar-refractivity contribution < 1.29 is 18.0 Å².